The molecule has 2 heteroatoms. The molecule has 1 heterocycles. The second-order valence-electron chi connectivity index (χ2n) is 2.69. The van der Waals surface area contributed by atoms with E-state index in [1.165, 1.54) is 6.42 Å². The van der Waals surface area contributed by atoms with Crippen molar-refractivity contribution in [3.8, 4) is 0 Å². The summed E-state index contributed by atoms with van der Waals surface area (Å²) < 4.78 is 5.35. The molecule has 46 valence electrons. The van der Waals surface area contributed by atoms with Gasteiger partial charge in [-0.15, -0.1) is 0 Å². The van der Waals surface area contributed by atoms with Gasteiger partial charge in [0.1, 0.15) is 0 Å². The summed E-state index contributed by atoms with van der Waals surface area (Å²) in [6, 6.07) is 0. The molecule has 1 saturated heterocycles. The lowest BCUT2D eigenvalue weighted by atomic mass is 10.2. The maximum Gasteiger partial charge on any atom is 0.0652 e. The summed E-state index contributed by atoms with van der Waals surface area (Å²) in [5.41, 5.74) is 5.44. The first kappa shape index (κ1) is 4.77. The molecular weight excluding hydrogens is 102 g/mol. The van der Waals surface area contributed by atoms with E-state index in [-0.39, 0.29) is 0 Å². The van der Waals surface area contributed by atoms with Crippen LogP contribution in [0.4, 0.5) is 0 Å². The van der Waals surface area contributed by atoms with Gasteiger partial charge in [0.15, 0.2) is 0 Å². The van der Waals surface area contributed by atoms with Crippen LogP contribution in [0.2, 0.25) is 0 Å². The minimum absolute atomic E-state index is 0.569. The first-order chi connectivity index (χ1) is 3.93. The Morgan fingerprint density at radius 3 is 2.88 bits per heavy atom. The Hall–Kier alpha value is -0.0800. The molecule has 2 fully saturated rings. The minimum Gasteiger partial charge on any atom is -0.378 e. The number of hydrogen-bond acceptors (Lipinski definition) is 2. The van der Waals surface area contributed by atoms with Crippen molar-refractivity contribution in [1.29, 1.82) is 0 Å². The molecule has 0 aromatic carbocycles. The summed E-state index contributed by atoms with van der Waals surface area (Å²) >= 11 is 0. The van der Waals surface area contributed by atoms with Gasteiger partial charge in [0, 0.05) is 12.5 Å². The number of fused-ring (bicyclic) bond motifs is 1. The summed E-state index contributed by atoms with van der Waals surface area (Å²) in [5, 5.41) is 0. The maximum atomic E-state index is 5.44. The van der Waals surface area contributed by atoms with E-state index in [4.69, 9.17) is 10.5 Å². The van der Waals surface area contributed by atoms with Gasteiger partial charge in [0.2, 0.25) is 0 Å². The first-order valence-electron chi connectivity index (χ1n) is 3.25. The lowest BCUT2D eigenvalue weighted by Gasteiger charge is -1.96. The van der Waals surface area contributed by atoms with Gasteiger partial charge >= 0.3 is 0 Å². The maximum absolute atomic E-state index is 5.44. The van der Waals surface area contributed by atoms with Crippen molar-refractivity contribution < 1.29 is 4.74 Å². The van der Waals surface area contributed by atoms with Crippen molar-refractivity contribution in [3.63, 3.8) is 0 Å². The summed E-state index contributed by atoms with van der Waals surface area (Å²) in [5.74, 6) is 1.57. The third-order valence-electron chi connectivity index (χ3n) is 2.29. The van der Waals surface area contributed by atoms with Crippen LogP contribution in [-0.4, -0.2) is 19.3 Å². The molecule has 8 heavy (non-hydrogen) atoms. The third-order valence-corrected chi connectivity index (χ3v) is 2.29. The zero-order chi connectivity index (χ0) is 5.56. The van der Waals surface area contributed by atoms with Crippen molar-refractivity contribution in [1.82, 2.24) is 0 Å². The van der Waals surface area contributed by atoms with E-state index in [2.05, 4.69) is 0 Å². The highest BCUT2D eigenvalue weighted by Gasteiger charge is 2.53. The van der Waals surface area contributed by atoms with Gasteiger partial charge in [0.05, 0.1) is 6.10 Å². The van der Waals surface area contributed by atoms with Gasteiger partial charge in [-0.25, -0.2) is 0 Å². The quantitative estimate of drug-likeness (QED) is 0.518. The van der Waals surface area contributed by atoms with Crippen LogP contribution in [0.3, 0.4) is 0 Å². The molecule has 2 aliphatic rings. The Morgan fingerprint density at radius 2 is 2.50 bits per heavy atom. The van der Waals surface area contributed by atoms with Crippen LogP contribution in [-0.2, 0) is 4.74 Å². The van der Waals surface area contributed by atoms with Crippen LogP contribution in [0.15, 0.2) is 0 Å². The van der Waals surface area contributed by atoms with E-state index in [1.807, 2.05) is 0 Å². The molecule has 1 aliphatic carbocycles. The number of hydrogen-bond donors (Lipinski definition) is 1. The van der Waals surface area contributed by atoms with Gasteiger partial charge < -0.3 is 10.5 Å². The molecule has 0 aromatic heterocycles. The smallest absolute Gasteiger partial charge is 0.0652 e. The Bertz CT molecular complexity index is 87.9. The molecule has 1 saturated carbocycles. The van der Waals surface area contributed by atoms with E-state index < -0.39 is 0 Å². The monoisotopic (exact) mass is 113 g/mol. The lowest BCUT2D eigenvalue weighted by molar-refractivity contribution is 0.140. The van der Waals surface area contributed by atoms with E-state index in [1.54, 1.807) is 0 Å². The van der Waals surface area contributed by atoms with Crippen molar-refractivity contribution in [2.24, 2.45) is 17.6 Å². The van der Waals surface area contributed by atoms with E-state index in [0.717, 1.165) is 25.0 Å². The highest BCUT2D eigenvalue weighted by molar-refractivity contribution is 5.02. The van der Waals surface area contributed by atoms with Crippen LogP contribution in [0.25, 0.3) is 0 Å². The van der Waals surface area contributed by atoms with Crippen molar-refractivity contribution in [2.45, 2.75) is 12.5 Å². The fraction of sp³-hybridized carbons (Fsp3) is 1.00. The van der Waals surface area contributed by atoms with Gasteiger partial charge in [-0.3, -0.25) is 0 Å². The number of nitrogens with two attached hydrogens (primary N) is 1. The molecule has 1 aliphatic heterocycles. The molecule has 0 amide bonds. The topological polar surface area (TPSA) is 35.2 Å². The Morgan fingerprint density at radius 1 is 1.62 bits per heavy atom. The molecule has 0 aromatic rings. The van der Waals surface area contributed by atoms with Crippen LogP contribution >= 0.6 is 0 Å². The Balaban J connectivity index is 1.94. The molecule has 0 spiro atoms. The predicted octanol–water partition coefficient (Wildman–Crippen LogP) is -0.0200. The Kier molecular flexibility index (Phi) is 0.866. The summed E-state index contributed by atoms with van der Waals surface area (Å²) in [6.45, 7) is 1.81. The van der Waals surface area contributed by atoms with Gasteiger partial charge in [-0.05, 0) is 18.9 Å². The predicted molar refractivity (Wildman–Crippen MR) is 30.4 cm³/mol. The van der Waals surface area contributed by atoms with Gasteiger partial charge in [-0.2, -0.15) is 0 Å². The van der Waals surface area contributed by atoms with Crippen LogP contribution in [0.5, 0.6) is 0 Å². The van der Waals surface area contributed by atoms with Crippen molar-refractivity contribution in [3.05, 3.63) is 0 Å². The number of rotatable bonds is 1. The zero-order valence-electron chi connectivity index (χ0n) is 4.84. The average molecular weight is 113 g/mol. The summed E-state index contributed by atoms with van der Waals surface area (Å²) in [6.07, 6.45) is 1.83. The second kappa shape index (κ2) is 1.45. The highest BCUT2D eigenvalue weighted by atomic mass is 16.5. The molecular formula is C6H11NO. The minimum atomic E-state index is 0.569. The van der Waals surface area contributed by atoms with Crippen molar-refractivity contribution in [2.75, 3.05) is 13.2 Å². The molecule has 0 unspecified atom stereocenters. The van der Waals surface area contributed by atoms with Crippen LogP contribution in [0.1, 0.15) is 6.42 Å². The normalized spacial score (nSPS) is 51.4. The summed E-state index contributed by atoms with van der Waals surface area (Å²) in [4.78, 5) is 0. The SMILES string of the molecule is NC[C@H]1[C@H]2CCO[C@H]21. The first-order valence-corrected chi connectivity index (χ1v) is 3.25. The largest absolute Gasteiger partial charge is 0.378 e. The van der Waals surface area contributed by atoms with Crippen molar-refractivity contribution >= 4 is 0 Å². The summed E-state index contributed by atoms with van der Waals surface area (Å²) in [7, 11) is 0. The molecule has 0 bridgehead atoms. The second-order valence-corrected chi connectivity index (χ2v) is 2.69. The fourth-order valence-corrected chi connectivity index (χ4v) is 1.68. The highest BCUT2D eigenvalue weighted by Crippen LogP contribution is 2.47. The fourth-order valence-electron chi connectivity index (χ4n) is 1.68. The van der Waals surface area contributed by atoms with Crippen LogP contribution < -0.4 is 5.73 Å². The molecule has 2 rings (SSSR count). The standard InChI is InChI=1S/C6H11NO/c7-3-5-4-1-2-8-6(4)5/h4-6H,1-3,7H2/t4-,5+,6-/m1/s1. The van der Waals surface area contributed by atoms with Gasteiger partial charge in [0.25, 0.3) is 0 Å². The zero-order valence-corrected chi connectivity index (χ0v) is 4.84. The molecule has 0 radical (unpaired) electrons. The molecule has 2 N–H and O–H groups in total. The van der Waals surface area contributed by atoms with E-state index in [0.29, 0.717) is 6.10 Å². The Labute approximate surface area is 49.0 Å². The van der Waals surface area contributed by atoms with E-state index >= 15 is 0 Å². The van der Waals surface area contributed by atoms with E-state index in [9.17, 15) is 0 Å². The van der Waals surface area contributed by atoms with Crippen LogP contribution in [0, 0.1) is 11.8 Å². The molecule has 3 atom stereocenters. The third kappa shape index (κ3) is 0.446. The number of ether oxygens (including phenoxy) is 1. The lowest BCUT2D eigenvalue weighted by Crippen LogP contribution is -2.08. The van der Waals surface area contributed by atoms with Gasteiger partial charge in [-0.1, -0.05) is 0 Å². The molecule has 2 nitrogen and oxygen atoms in total. The average Bonchev–Trinajstić information content (AvgIpc) is 2.22.